The quantitative estimate of drug-likeness (QED) is 0.0444. The molecule has 1 aliphatic carbocycles. The van der Waals surface area contributed by atoms with Crippen molar-refractivity contribution < 1.29 is 52.3 Å². The summed E-state index contributed by atoms with van der Waals surface area (Å²) in [6.45, 7) is 0.822. The van der Waals surface area contributed by atoms with Crippen LogP contribution in [0.5, 0.6) is 11.5 Å². The molecule has 0 heterocycles. The molecule has 1 aliphatic rings. The Balaban J connectivity index is 1.41. The summed E-state index contributed by atoms with van der Waals surface area (Å²) in [6.07, 6.45) is 0.598. The fourth-order valence-corrected chi connectivity index (χ4v) is 6.37. The minimum Gasteiger partial charge on any atom is -0.426 e. The molecule has 294 valence electrons. The SMILES string of the molecule is CC1=C(CC(=O)Nc2ccc(OC(=O)CC(CO[N+](=O)[O-])O[N+](=O)[O-])c(C(=O)Oc3ccc(C(N)=S)cc3)c2)c2cc(F)ccc2C1=Cc1ccc(S(C)=O)cc1. The summed E-state index contributed by atoms with van der Waals surface area (Å²) < 4.78 is 37.2. The van der Waals surface area contributed by atoms with Crippen LogP contribution in [-0.4, -0.2) is 56.2 Å². The molecule has 0 saturated heterocycles. The van der Waals surface area contributed by atoms with Gasteiger partial charge in [-0.25, -0.2) is 9.18 Å². The standard InChI is InChI=1S/C38H31FN4O12S2/c1-21-30(15-22-3-11-28(12-4-22)57(2)51)29-13-7-24(39)16-32(29)31(21)19-35(44)41-25-8-14-34(54-36(45)18-27(55-43(49)50)20-52-42(47)48)33(17-25)38(46)53-26-9-5-23(6-10-26)37(40)56/h3-17,27H,18-20H2,1-2H3,(H2,40,56)(H,41,44). The Morgan fingerprint density at radius 3 is 2.28 bits per heavy atom. The monoisotopic (exact) mass is 818 g/mol. The van der Waals surface area contributed by atoms with Crippen molar-refractivity contribution in [2.24, 2.45) is 5.73 Å². The van der Waals surface area contributed by atoms with Crippen LogP contribution in [0.15, 0.2) is 95.4 Å². The van der Waals surface area contributed by atoms with E-state index in [2.05, 4.69) is 15.0 Å². The first-order chi connectivity index (χ1) is 27.1. The number of fused-ring (bicyclic) bond motifs is 1. The van der Waals surface area contributed by atoms with E-state index in [9.17, 15) is 43.2 Å². The van der Waals surface area contributed by atoms with E-state index >= 15 is 0 Å². The molecule has 0 aromatic heterocycles. The van der Waals surface area contributed by atoms with Gasteiger partial charge in [-0.1, -0.05) is 30.4 Å². The molecule has 19 heteroatoms. The van der Waals surface area contributed by atoms with Crippen molar-refractivity contribution in [2.75, 3.05) is 18.2 Å². The molecule has 0 spiro atoms. The Kier molecular flexibility index (Phi) is 13.2. The van der Waals surface area contributed by atoms with Gasteiger partial charge in [0.15, 0.2) is 0 Å². The number of nitrogens with two attached hydrogens (primary N) is 1. The number of rotatable bonds is 16. The number of nitrogens with zero attached hydrogens (tertiary/aromatic N) is 2. The van der Waals surface area contributed by atoms with E-state index in [1.165, 1.54) is 42.5 Å². The zero-order valence-corrected chi connectivity index (χ0v) is 31.6. The molecule has 4 aromatic rings. The van der Waals surface area contributed by atoms with Gasteiger partial charge in [-0.2, -0.15) is 0 Å². The lowest BCUT2D eigenvalue weighted by Gasteiger charge is -2.15. The lowest BCUT2D eigenvalue weighted by atomic mass is 10.0. The van der Waals surface area contributed by atoms with Gasteiger partial charge in [0.2, 0.25) is 5.91 Å². The number of amides is 1. The van der Waals surface area contributed by atoms with Crippen molar-refractivity contribution in [3.63, 3.8) is 0 Å². The van der Waals surface area contributed by atoms with Crippen LogP contribution >= 0.6 is 12.2 Å². The Hall–Kier alpha value is -6.86. The summed E-state index contributed by atoms with van der Waals surface area (Å²) in [5.41, 5.74) is 9.82. The highest BCUT2D eigenvalue weighted by atomic mass is 32.2. The number of hydrogen-bond acceptors (Lipinski definition) is 13. The molecular formula is C38H31FN4O12S2. The fraction of sp³-hybridized carbons (Fsp3) is 0.158. The molecule has 3 N–H and O–H groups in total. The number of allylic oxidation sites excluding steroid dienone is 2. The van der Waals surface area contributed by atoms with Gasteiger partial charge in [-0.15, -0.1) is 20.2 Å². The minimum atomic E-state index is -1.74. The average molecular weight is 819 g/mol. The predicted molar refractivity (Wildman–Crippen MR) is 208 cm³/mol. The summed E-state index contributed by atoms with van der Waals surface area (Å²) in [5.74, 6) is -3.68. The smallest absolute Gasteiger partial charge is 0.347 e. The van der Waals surface area contributed by atoms with Crippen LogP contribution in [-0.2, 0) is 30.1 Å². The third kappa shape index (κ3) is 10.9. The molecule has 4 aromatic carbocycles. The maximum atomic E-state index is 14.5. The van der Waals surface area contributed by atoms with E-state index in [0.717, 1.165) is 23.3 Å². The Morgan fingerprint density at radius 2 is 1.65 bits per heavy atom. The van der Waals surface area contributed by atoms with Crippen molar-refractivity contribution in [2.45, 2.75) is 30.8 Å². The summed E-state index contributed by atoms with van der Waals surface area (Å²) in [7, 11) is -1.16. The number of hydrogen-bond donors (Lipinski definition) is 2. The molecule has 16 nitrogen and oxygen atoms in total. The number of carbonyl (C=O) groups excluding carboxylic acids is 3. The van der Waals surface area contributed by atoms with Gasteiger partial charge in [0.1, 0.15) is 40.6 Å². The number of thiocarbonyl (C=S) groups is 1. The summed E-state index contributed by atoms with van der Waals surface area (Å²) in [5, 5.41) is 21.7. The summed E-state index contributed by atoms with van der Waals surface area (Å²) >= 11 is 4.95. The normalized spacial score (nSPS) is 13.6. The van der Waals surface area contributed by atoms with Gasteiger partial charge in [0.25, 0.3) is 10.2 Å². The number of benzene rings is 4. The number of anilines is 1. The van der Waals surface area contributed by atoms with Crippen LogP contribution < -0.4 is 20.5 Å². The molecule has 2 atom stereocenters. The highest BCUT2D eigenvalue weighted by Crippen LogP contribution is 2.44. The lowest BCUT2D eigenvalue weighted by molar-refractivity contribution is -0.789. The zero-order valence-electron chi connectivity index (χ0n) is 29.9. The third-order valence-corrected chi connectivity index (χ3v) is 9.54. The number of halogens is 1. The van der Waals surface area contributed by atoms with E-state index in [4.69, 9.17) is 27.4 Å². The van der Waals surface area contributed by atoms with Crippen molar-refractivity contribution in [3.8, 4) is 11.5 Å². The Bertz CT molecular complexity index is 2370. The molecular weight excluding hydrogens is 788 g/mol. The average Bonchev–Trinajstić information content (AvgIpc) is 3.39. The third-order valence-electron chi connectivity index (χ3n) is 8.37. The molecule has 0 fully saturated rings. The number of esters is 2. The van der Waals surface area contributed by atoms with Gasteiger partial charge in [0.05, 0.1) is 12.8 Å². The molecule has 57 heavy (non-hydrogen) atoms. The second-order valence-electron chi connectivity index (χ2n) is 12.2. The van der Waals surface area contributed by atoms with Gasteiger partial charge < -0.3 is 30.2 Å². The molecule has 1 amide bonds. The highest BCUT2D eigenvalue weighted by Gasteiger charge is 2.27. The molecule has 5 rings (SSSR count). The van der Waals surface area contributed by atoms with Crippen LogP contribution in [0, 0.1) is 26.0 Å². The van der Waals surface area contributed by atoms with Gasteiger partial charge >= 0.3 is 11.9 Å². The number of nitrogens with one attached hydrogen (secondary N) is 1. The van der Waals surface area contributed by atoms with E-state index in [-0.39, 0.29) is 28.4 Å². The molecule has 0 saturated carbocycles. The van der Waals surface area contributed by atoms with E-state index in [1.807, 2.05) is 18.2 Å². The fourth-order valence-electron chi connectivity index (χ4n) is 5.72. The van der Waals surface area contributed by atoms with Crippen LogP contribution in [0.3, 0.4) is 0 Å². The van der Waals surface area contributed by atoms with Crippen molar-refractivity contribution in [1.29, 1.82) is 0 Å². The van der Waals surface area contributed by atoms with Crippen LogP contribution in [0.1, 0.15) is 52.4 Å². The second-order valence-corrected chi connectivity index (χ2v) is 14.1. The number of ether oxygens (including phenoxy) is 2. The van der Waals surface area contributed by atoms with Crippen LogP contribution in [0.25, 0.3) is 17.2 Å². The highest BCUT2D eigenvalue weighted by molar-refractivity contribution is 7.84. The maximum absolute atomic E-state index is 14.5. The minimum absolute atomic E-state index is 0.0396. The zero-order chi connectivity index (χ0) is 41.4. The van der Waals surface area contributed by atoms with Crippen molar-refractivity contribution >= 4 is 68.8 Å². The van der Waals surface area contributed by atoms with Crippen LogP contribution in [0.4, 0.5) is 10.1 Å². The summed E-state index contributed by atoms with van der Waals surface area (Å²) in [4.78, 5) is 70.5. The van der Waals surface area contributed by atoms with Crippen molar-refractivity contribution in [1.82, 2.24) is 0 Å². The topological polar surface area (TPSA) is 230 Å². The first kappa shape index (κ1) is 41.3. The van der Waals surface area contributed by atoms with Gasteiger partial charge in [0, 0.05) is 33.2 Å². The number of carbonyl (C=O) groups is 3. The Labute approximate surface area is 330 Å². The molecule has 2 unspecified atom stereocenters. The van der Waals surface area contributed by atoms with E-state index < -0.39 is 69.5 Å². The first-order valence-electron chi connectivity index (χ1n) is 16.6. The second kappa shape index (κ2) is 18.2. The maximum Gasteiger partial charge on any atom is 0.347 e. The van der Waals surface area contributed by atoms with Gasteiger partial charge in [-0.3, -0.25) is 13.8 Å². The summed E-state index contributed by atoms with van der Waals surface area (Å²) in [6, 6.07) is 20.8. The molecule has 0 bridgehead atoms. The van der Waals surface area contributed by atoms with E-state index in [0.29, 0.717) is 32.7 Å². The lowest BCUT2D eigenvalue weighted by Crippen LogP contribution is -2.29. The van der Waals surface area contributed by atoms with Crippen LogP contribution in [0.2, 0.25) is 0 Å². The van der Waals surface area contributed by atoms with Gasteiger partial charge in [-0.05, 0) is 113 Å². The molecule has 0 radical (unpaired) electrons. The first-order valence-corrected chi connectivity index (χ1v) is 18.5. The predicted octanol–water partition coefficient (Wildman–Crippen LogP) is 5.85. The van der Waals surface area contributed by atoms with E-state index in [1.54, 1.807) is 31.4 Å². The molecule has 0 aliphatic heterocycles. The Morgan fingerprint density at radius 1 is 0.947 bits per heavy atom. The van der Waals surface area contributed by atoms with Crippen molar-refractivity contribution in [3.05, 3.63) is 144 Å². The largest absolute Gasteiger partial charge is 0.426 e.